The van der Waals surface area contributed by atoms with E-state index in [1.165, 1.54) is 23.0 Å². The zero-order valence-corrected chi connectivity index (χ0v) is 19.7. The number of aryl methyl sites for hydroxylation is 1. The molecule has 11 heteroatoms. The van der Waals surface area contributed by atoms with Crippen LogP contribution in [-0.4, -0.2) is 60.0 Å². The molecule has 4 rings (SSSR count). The van der Waals surface area contributed by atoms with Gasteiger partial charge in [0.2, 0.25) is 5.96 Å². The van der Waals surface area contributed by atoms with Gasteiger partial charge in [-0.3, -0.25) is 13.9 Å². The standard InChI is InChI=1S/C21H29N5O5S/c1-13-14(11-24-8-7-22-18(24)23-19(28)31-4)32-17-15(13)16(27)26(12-21(2)5-6-21)20(29)25(17)9-10-30-3/h5-12H2,1-4H3,(H,22,23,28). The fraction of sp³-hybridized carbons (Fsp3) is 0.619. The van der Waals surface area contributed by atoms with Gasteiger partial charge in [-0.05, 0) is 30.7 Å². The van der Waals surface area contributed by atoms with Crippen LogP contribution in [-0.2, 0) is 29.1 Å². The van der Waals surface area contributed by atoms with Crippen molar-refractivity contribution in [2.24, 2.45) is 10.4 Å². The topological polar surface area (TPSA) is 107 Å². The van der Waals surface area contributed by atoms with E-state index in [0.29, 0.717) is 55.5 Å². The summed E-state index contributed by atoms with van der Waals surface area (Å²) >= 11 is 1.44. The van der Waals surface area contributed by atoms with E-state index in [-0.39, 0.29) is 16.7 Å². The molecule has 1 saturated carbocycles. The first-order chi connectivity index (χ1) is 15.3. The van der Waals surface area contributed by atoms with Crippen LogP contribution >= 0.6 is 11.3 Å². The predicted molar refractivity (Wildman–Crippen MR) is 123 cm³/mol. The number of guanidine groups is 1. The van der Waals surface area contributed by atoms with Gasteiger partial charge in [-0.25, -0.2) is 9.59 Å². The van der Waals surface area contributed by atoms with E-state index in [1.54, 1.807) is 11.7 Å². The first-order valence-electron chi connectivity index (χ1n) is 10.7. The van der Waals surface area contributed by atoms with Gasteiger partial charge in [0.1, 0.15) is 4.83 Å². The second-order valence-corrected chi connectivity index (χ2v) is 9.80. The minimum atomic E-state index is -0.669. The molecule has 1 N–H and O–H groups in total. The molecule has 174 valence electrons. The number of hydrogen-bond acceptors (Lipinski definition) is 6. The van der Waals surface area contributed by atoms with Crippen molar-refractivity contribution >= 4 is 33.6 Å². The van der Waals surface area contributed by atoms with Gasteiger partial charge in [-0.2, -0.15) is 0 Å². The first kappa shape index (κ1) is 22.5. The Morgan fingerprint density at radius 2 is 2.00 bits per heavy atom. The molecule has 2 aliphatic rings. The third kappa shape index (κ3) is 4.18. The zero-order chi connectivity index (χ0) is 23.0. The van der Waals surface area contributed by atoms with Gasteiger partial charge in [0.15, 0.2) is 0 Å². The number of nitrogens with zero attached hydrogens (tertiary/aromatic N) is 4. The van der Waals surface area contributed by atoms with Crippen LogP contribution in [0.5, 0.6) is 0 Å². The third-order valence-corrected chi connectivity index (χ3v) is 7.53. The second-order valence-electron chi connectivity index (χ2n) is 8.71. The SMILES string of the molecule is COCCn1c(=O)n(CC2(C)CC2)c(=O)c2c(C)c(CN3CCN/C3=N\C(=O)OC)sc21. The number of aromatic nitrogens is 2. The number of carbonyl (C=O) groups is 1. The lowest BCUT2D eigenvalue weighted by molar-refractivity contribution is 0.182. The molecule has 0 atom stereocenters. The molecule has 0 spiro atoms. The maximum atomic E-state index is 13.4. The number of amides is 1. The second kappa shape index (κ2) is 8.70. The van der Waals surface area contributed by atoms with Crippen LogP contribution in [0.25, 0.3) is 10.2 Å². The molecule has 10 nitrogen and oxygen atoms in total. The van der Waals surface area contributed by atoms with E-state index < -0.39 is 6.09 Å². The Labute approximate surface area is 189 Å². The molecular formula is C21H29N5O5S. The Kier molecular flexibility index (Phi) is 6.13. The van der Waals surface area contributed by atoms with Crippen LogP contribution in [0, 0.1) is 12.3 Å². The van der Waals surface area contributed by atoms with Crippen LogP contribution < -0.4 is 16.6 Å². The largest absolute Gasteiger partial charge is 0.451 e. The highest BCUT2D eigenvalue weighted by Crippen LogP contribution is 2.46. The number of fused-ring (bicyclic) bond motifs is 1. The molecule has 0 unspecified atom stereocenters. The first-order valence-corrected chi connectivity index (χ1v) is 11.5. The van der Waals surface area contributed by atoms with Crippen molar-refractivity contribution in [3.05, 3.63) is 31.3 Å². The Bertz CT molecular complexity index is 1190. The lowest BCUT2D eigenvalue weighted by Crippen LogP contribution is -2.41. The summed E-state index contributed by atoms with van der Waals surface area (Å²) in [4.78, 5) is 45.8. The molecule has 2 aromatic heterocycles. The number of carbonyl (C=O) groups excluding carboxylic acids is 1. The zero-order valence-electron chi connectivity index (χ0n) is 18.9. The highest BCUT2D eigenvalue weighted by atomic mass is 32.1. The van der Waals surface area contributed by atoms with Gasteiger partial charge in [-0.1, -0.05) is 6.92 Å². The minimum Gasteiger partial charge on any atom is -0.451 e. The number of aliphatic imine (C=N–C) groups is 1. The summed E-state index contributed by atoms with van der Waals surface area (Å²) in [5.74, 6) is 0.449. The van der Waals surface area contributed by atoms with Crippen molar-refractivity contribution in [3.8, 4) is 0 Å². The van der Waals surface area contributed by atoms with Gasteiger partial charge >= 0.3 is 11.8 Å². The molecule has 32 heavy (non-hydrogen) atoms. The molecule has 1 aliphatic carbocycles. The van der Waals surface area contributed by atoms with E-state index in [0.717, 1.165) is 23.3 Å². The van der Waals surface area contributed by atoms with E-state index in [4.69, 9.17) is 4.74 Å². The van der Waals surface area contributed by atoms with Crippen molar-refractivity contribution in [2.45, 2.75) is 46.3 Å². The third-order valence-electron chi connectivity index (χ3n) is 6.23. The summed E-state index contributed by atoms with van der Waals surface area (Å²) in [5.41, 5.74) is 0.370. The smallest absolute Gasteiger partial charge is 0.436 e. The summed E-state index contributed by atoms with van der Waals surface area (Å²) in [6.45, 7) is 7.02. The lowest BCUT2D eigenvalue weighted by Gasteiger charge is -2.16. The summed E-state index contributed by atoms with van der Waals surface area (Å²) in [6, 6.07) is 0. The molecule has 0 radical (unpaired) electrons. The van der Waals surface area contributed by atoms with Crippen molar-refractivity contribution in [2.75, 3.05) is 33.9 Å². The van der Waals surface area contributed by atoms with E-state index in [1.807, 2.05) is 11.8 Å². The average molecular weight is 464 g/mol. The van der Waals surface area contributed by atoms with Gasteiger partial charge in [0, 0.05) is 31.6 Å². The Hall–Kier alpha value is -2.66. The van der Waals surface area contributed by atoms with Crippen molar-refractivity contribution in [1.29, 1.82) is 0 Å². The van der Waals surface area contributed by atoms with E-state index in [9.17, 15) is 14.4 Å². The molecule has 1 aliphatic heterocycles. The summed E-state index contributed by atoms with van der Waals surface area (Å²) < 4.78 is 12.9. The summed E-state index contributed by atoms with van der Waals surface area (Å²) in [5, 5.41) is 3.68. The fourth-order valence-corrected chi connectivity index (χ4v) is 5.28. The van der Waals surface area contributed by atoms with Crippen molar-refractivity contribution in [3.63, 3.8) is 0 Å². The summed E-state index contributed by atoms with van der Waals surface area (Å²) in [6.07, 6.45) is 1.37. The van der Waals surface area contributed by atoms with E-state index >= 15 is 0 Å². The monoisotopic (exact) mass is 463 g/mol. The molecule has 3 heterocycles. The molecular weight excluding hydrogens is 434 g/mol. The maximum Gasteiger partial charge on any atom is 0.436 e. The van der Waals surface area contributed by atoms with Crippen molar-refractivity contribution in [1.82, 2.24) is 19.4 Å². The number of rotatable bonds is 7. The maximum absolute atomic E-state index is 13.4. The number of nitrogens with one attached hydrogen (secondary N) is 1. The summed E-state index contributed by atoms with van der Waals surface area (Å²) in [7, 11) is 2.88. The average Bonchev–Trinajstić information content (AvgIpc) is 3.19. The van der Waals surface area contributed by atoms with Crippen LogP contribution in [0.2, 0.25) is 0 Å². The molecule has 1 amide bonds. The van der Waals surface area contributed by atoms with Crippen LogP contribution in [0.1, 0.15) is 30.2 Å². The molecule has 0 aromatic carbocycles. The number of ether oxygens (including phenoxy) is 2. The number of methoxy groups -OCH3 is 2. The predicted octanol–water partition coefficient (Wildman–Crippen LogP) is 1.51. The van der Waals surface area contributed by atoms with Gasteiger partial charge in [0.05, 0.1) is 32.2 Å². The molecule has 0 bridgehead atoms. The van der Waals surface area contributed by atoms with Gasteiger partial charge in [0.25, 0.3) is 5.56 Å². The fourth-order valence-electron chi connectivity index (χ4n) is 3.95. The Morgan fingerprint density at radius 3 is 2.66 bits per heavy atom. The quantitative estimate of drug-likeness (QED) is 0.663. The van der Waals surface area contributed by atoms with Gasteiger partial charge in [-0.15, -0.1) is 16.3 Å². The molecule has 2 aromatic rings. The van der Waals surface area contributed by atoms with Crippen LogP contribution in [0.15, 0.2) is 14.6 Å². The highest BCUT2D eigenvalue weighted by molar-refractivity contribution is 7.18. The van der Waals surface area contributed by atoms with Crippen LogP contribution in [0.4, 0.5) is 4.79 Å². The van der Waals surface area contributed by atoms with E-state index in [2.05, 4.69) is 22.0 Å². The van der Waals surface area contributed by atoms with Gasteiger partial charge < -0.3 is 19.7 Å². The lowest BCUT2D eigenvalue weighted by atomic mass is 10.1. The Morgan fingerprint density at radius 1 is 1.25 bits per heavy atom. The number of thiophene rings is 1. The van der Waals surface area contributed by atoms with Crippen LogP contribution in [0.3, 0.4) is 0 Å². The highest BCUT2D eigenvalue weighted by Gasteiger charge is 2.39. The molecule has 1 saturated heterocycles. The number of hydrogen-bond donors (Lipinski definition) is 1. The minimum absolute atomic E-state index is 0.0168. The normalized spacial score (nSPS) is 18.4. The van der Waals surface area contributed by atoms with Crippen molar-refractivity contribution < 1.29 is 14.3 Å². The molecule has 2 fully saturated rings. The Balaban J connectivity index is 1.79.